The fourth-order valence-corrected chi connectivity index (χ4v) is 3.55. The van der Waals surface area contributed by atoms with Gasteiger partial charge >= 0.3 is 5.97 Å². The summed E-state index contributed by atoms with van der Waals surface area (Å²) in [5.41, 5.74) is -0.616. The van der Waals surface area contributed by atoms with Crippen LogP contribution in [0.5, 0.6) is 0 Å². The summed E-state index contributed by atoms with van der Waals surface area (Å²) in [5.74, 6) is -0.303. The van der Waals surface area contributed by atoms with Gasteiger partial charge in [0.25, 0.3) is 0 Å². The highest BCUT2D eigenvalue weighted by Crippen LogP contribution is 2.40. The Hall–Kier alpha value is -0.680. The van der Waals surface area contributed by atoms with Crippen LogP contribution >= 0.6 is 0 Å². The molecule has 0 radical (unpaired) electrons. The molecule has 1 saturated heterocycles. The number of hydrogen-bond acceptors (Lipinski definition) is 4. The van der Waals surface area contributed by atoms with E-state index in [1.54, 1.807) is 5.06 Å². The zero-order chi connectivity index (χ0) is 16.3. The molecule has 1 heterocycles. The van der Waals surface area contributed by atoms with E-state index >= 15 is 0 Å². The number of rotatable bonds is 6. The molecule has 0 aromatic carbocycles. The molecule has 0 bridgehead atoms. The molecule has 0 N–H and O–H groups in total. The first-order chi connectivity index (χ1) is 9.64. The van der Waals surface area contributed by atoms with Crippen molar-refractivity contribution in [2.75, 3.05) is 13.3 Å². The van der Waals surface area contributed by atoms with Crippen LogP contribution in [0.3, 0.4) is 0 Å². The maximum atomic E-state index is 13.4. The zero-order valence-corrected chi connectivity index (χ0v) is 14.4. The van der Waals surface area contributed by atoms with E-state index in [1.807, 2.05) is 4.90 Å². The quantitative estimate of drug-likeness (QED) is 0.703. The minimum atomic E-state index is -0.412. The van der Waals surface area contributed by atoms with Crippen LogP contribution < -0.4 is 0 Å². The highest BCUT2D eigenvalue weighted by Gasteiger charge is 2.49. The fourth-order valence-electron chi connectivity index (χ4n) is 3.55. The molecule has 0 aromatic heterocycles. The summed E-state index contributed by atoms with van der Waals surface area (Å²) >= 11 is 0. The molecule has 0 aromatic rings. The summed E-state index contributed by atoms with van der Waals surface area (Å²) in [7, 11) is 0. The Morgan fingerprint density at radius 3 is 2.19 bits per heavy atom. The number of carbonyl (C=O) groups is 1. The predicted molar refractivity (Wildman–Crippen MR) is 82.4 cm³/mol. The Balaban J connectivity index is 2.89. The molecule has 1 fully saturated rings. The molecular weight excluding hydrogens is 271 g/mol. The van der Waals surface area contributed by atoms with E-state index in [9.17, 15) is 9.18 Å². The monoisotopic (exact) mass is 302 g/mol. The topological polar surface area (TPSA) is 32.8 Å². The highest BCUT2D eigenvalue weighted by atomic mass is 19.1. The van der Waals surface area contributed by atoms with E-state index in [4.69, 9.17) is 4.84 Å². The van der Waals surface area contributed by atoms with Gasteiger partial charge in [-0.2, -0.15) is 0 Å². The lowest BCUT2D eigenvalue weighted by molar-refractivity contribution is -0.271. The third kappa shape index (κ3) is 4.65. The number of hydroxylamine groups is 2. The van der Waals surface area contributed by atoms with Crippen molar-refractivity contribution < 1.29 is 14.0 Å². The Labute approximate surface area is 128 Å². The molecule has 0 atom stereocenters. The van der Waals surface area contributed by atoms with Crippen LogP contribution in [0.2, 0.25) is 0 Å². The first kappa shape index (κ1) is 18.4. The summed E-state index contributed by atoms with van der Waals surface area (Å²) in [4.78, 5) is 18.7. The molecule has 0 saturated carbocycles. The van der Waals surface area contributed by atoms with Crippen LogP contribution in [-0.4, -0.2) is 46.4 Å². The summed E-state index contributed by atoms with van der Waals surface area (Å²) in [6.07, 6.45) is 3.65. The number of halogens is 1. The van der Waals surface area contributed by atoms with Crippen LogP contribution in [0.15, 0.2) is 0 Å². The Morgan fingerprint density at radius 1 is 1.29 bits per heavy atom. The molecule has 5 heteroatoms. The van der Waals surface area contributed by atoms with Crippen molar-refractivity contribution in [3.8, 4) is 0 Å². The van der Waals surface area contributed by atoms with Gasteiger partial charge in [0.2, 0.25) is 0 Å². The second-order valence-corrected chi connectivity index (χ2v) is 7.35. The first-order valence-electron chi connectivity index (χ1n) is 7.93. The van der Waals surface area contributed by atoms with Crippen molar-refractivity contribution in [1.29, 1.82) is 0 Å². The van der Waals surface area contributed by atoms with Gasteiger partial charge in [-0.15, -0.1) is 5.06 Å². The molecule has 1 rings (SSSR count). The van der Waals surface area contributed by atoms with Crippen molar-refractivity contribution in [3.63, 3.8) is 0 Å². The predicted octanol–water partition coefficient (Wildman–Crippen LogP) is 3.52. The molecule has 1 aliphatic rings. The molecule has 4 nitrogen and oxygen atoms in total. The third-order valence-corrected chi connectivity index (χ3v) is 4.26. The largest absolute Gasteiger partial charge is 0.367 e. The number of nitrogens with zero attached hydrogens (tertiary/aromatic N) is 2. The molecular formula is C16H31FN2O2. The van der Waals surface area contributed by atoms with Crippen LogP contribution in [0.4, 0.5) is 4.39 Å². The van der Waals surface area contributed by atoms with Gasteiger partial charge in [-0.1, -0.05) is 13.3 Å². The van der Waals surface area contributed by atoms with E-state index < -0.39 is 6.80 Å². The lowest BCUT2D eigenvalue weighted by atomic mass is 9.78. The van der Waals surface area contributed by atoms with Gasteiger partial charge in [0.05, 0.1) is 11.1 Å². The molecule has 0 unspecified atom stereocenters. The lowest BCUT2D eigenvalue weighted by Gasteiger charge is -2.54. The van der Waals surface area contributed by atoms with Gasteiger partial charge in [0.15, 0.2) is 0 Å². The van der Waals surface area contributed by atoms with Gasteiger partial charge in [-0.25, -0.2) is 4.39 Å². The van der Waals surface area contributed by atoms with Crippen molar-refractivity contribution in [3.05, 3.63) is 0 Å². The zero-order valence-electron chi connectivity index (χ0n) is 14.4. The van der Waals surface area contributed by atoms with Crippen LogP contribution in [0.1, 0.15) is 67.2 Å². The lowest BCUT2D eigenvalue weighted by Crippen LogP contribution is -2.64. The maximum Gasteiger partial charge on any atom is 0.322 e. The fraction of sp³-hybridized carbons (Fsp3) is 0.938. The normalized spacial score (nSPS) is 22.5. The maximum absolute atomic E-state index is 13.4. The molecule has 1 aliphatic heterocycles. The van der Waals surface area contributed by atoms with E-state index in [0.29, 0.717) is 0 Å². The summed E-state index contributed by atoms with van der Waals surface area (Å²) in [6.45, 7) is 12.1. The summed E-state index contributed by atoms with van der Waals surface area (Å²) in [6, 6.07) is 0.179. The van der Waals surface area contributed by atoms with Gasteiger partial charge in [0, 0.05) is 19.5 Å². The van der Waals surface area contributed by atoms with Crippen molar-refractivity contribution in [1.82, 2.24) is 9.96 Å². The molecule has 0 aliphatic carbocycles. The van der Waals surface area contributed by atoms with Crippen LogP contribution in [0.25, 0.3) is 0 Å². The molecule has 0 amide bonds. The Bertz CT molecular complexity index is 340. The standard InChI is InChI=1S/C16H31FN2O2/c1-7-8-9-18(12-17)14-10-15(3,4)19(21-13(2)20)16(5,6)11-14/h14H,7-12H2,1-6H3. The number of carbonyl (C=O) groups excluding carboxylic acids is 1. The van der Waals surface area contributed by atoms with E-state index in [0.717, 1.165) is 32.2 Å². The van der Waals surface area contributed by atoms with Crippen LogP contribution in [0, 0.1) is 0 Å². The third-order valence-electron chi connectivity index (χ3n) is 4.26. The van der Waals surface area contributed by atoms with Crippen molar-refractivity contribution in [2.24, 2.45) is 0 Å². The number of alkyl halides is 1. The smallest absolute Gasteiger partial charge is 0.322 e. The van der Waals surface area contributed by atoms with Gasteiger partial charge in [-0.3, -0.25) is 9.69 Å². The summed E-state index contributed by atoms with van der Waals surface area (Å²) in [5, 5.41) is 1.80. The average Bonchev–Trinajstić information content (AvgIpc) is 2.34. The minimum Gasteiger partial charge on any atom is -0.367 e. The first-order valence-corrected chi connectivity index (χ1v) is 7.93. The van der Waals surface area contributed by atoms with Gasteiger partial charge < -0.3 is 4.84 Å². The van der Waals surface area contributed by atoms with E-state index in [1.165, 1.54) is 6.92 Å². The van der Waals surface area contributed by atoms with E-state index in [2.05, 4.69) is 34.6 Å². The number of piperidine rings is 1. The Morgan fingerprint density at radius 2 is 1.81 bits per heavy atom. The average molecular weight is 302 g/mol. The summed E-state index contributed by atoms with van der Waals surface area (Å²) < 4.78 is 13.4. The minimum absolute atomic E-state index is 0.179. The Kier molecular flexibility index (Phi) is 6.17. The number of unbranched alkanes of at least 4 members (excludes halogenated alkanes) is 1. The number of hydrogen-bond donors (Lipinski definition) is 0. The van der Waals surface area contributed by atoms with Crippen molar-refractivity contribution >= 4 is 5.97 Å². The van der Waals surface area contributed by atoms with E-state index in [-0.39, 0.29) is 23.1 Å². The van der Waals surface area contributed by atoms with Crippen molar-refractivity contribution in [2.45, 2.75) is 84.3 Å². The molecule has 124 valence electrons. The molecule has 0 spiro atoms. The van der Waals surface area contributed by atoms with Gasteiger partial charge in [0.1, 0.15) is 6.80 Å². The van der Waals surface area contributed by atoms with Gasteiger partial charge in [-0.05, 0) is 47.0 Å². The highest BCUT2D eigenvalue weighted by molar-refractivity contribution is 5.65. The second kappa shape index (κ2) is 7.05. The SMILES string of the molecule is CCCCN(CF)C1CC(C)(C)N(OC(C)=O)C(C)(C)C1. The van der Waals surface area contributed by atoms with Crippen LogP contribution in [-0.2, 0) is 9.63 Å². The second-order valence-electron chi connectivity index (χ2n) is 7.35. The molecule has 21 heavy (non-hydrogen) atoms.